The molecule has 4 atom stereocenters. The number of piperazine rings is 1. The van der Waals surface area contributed by atoms with Gasteiger partial charge in [-0.2, -0.15) is 0 Å². The van der Waals surface area contributed by atoms with E-state index in [-0.39, 0.29) is 35.9 Å². The van der Waals surface area contributed by atoms with Crippen molar-refractivity contribution in [3.8, 4) is 0 Å². The van der Waals surface area contributed by atoms with Crippen LogP contribution in [0.3, 0.4) is 0 Å². The standard InChI is InChI=1S/C40H54ClN5O3/c1-28(2)42-35(14-8-11-23-44-21-9-5-10-22-44)39(48)46-25-24-45(40-43-29(3)38(49-40)32-12-6-4-7-13-32)27-36(46)37(47)20-16-30-15-17-31-18-19-34(41)33(31)26-30/h4,6-7,12-13,15,17,19,26,28-29,35-36,38,42H,5,8-11,14,16,18,20-25,27H2,1-3H3/t29-,35+,36-,38+/m0/s1. The van der Waals surface area contributed by atoms with Gasteiger partial charge in [-0.25, -0.2) is 4.99 Å². The molecule has 1 amide bonds. The maximum atomic E-state index is 14.4. The molecule has 3 aliphatic heterocycles. The van der Waals surface area contributed by atoms with Crippen molar-refractivity contribution in [2.75, 3.05) is 39.3 Å². The predicted molar refractivity (Wildman–Crippen MR) is 198 cm³/mol. The SMILES string of the molecule is CC(C)N[C@H](CCCCN1CCCCC1)C(=O)N1CCN(C2=N[C@@H](C)[C@H](c3ccccc3)O2)C[C@H]1C(=O)CCc1ccc2c(c1)C(Cl)=CC2. The summed E-state index contributed by atoms with van der Waals surface area (Å²) in [6.45, 7) is 11.1. The van der Waals surface area contributed by atoms with Crippen molar-refractivity contribution in [3.63, 3.8) is 0 Å². The molecule has 0 radical (unpaired) electrons. The molecular weight excluding hydrogens is 634 g/mol. The molecule has 0 spiro atoms. The normalized spacial score (nSPS) is 23.2. The Hall–Kier alpha value is -3.20. The fourth-order valence-corrected chi connectivity index (χ4v) is 8.05. The van der Waals surface area contributed by atoms with E-state index in [2.05, 4.69) is 66.2 Å². The number of Topliss-reactive ketones (excluding diaryl/α,β-unsaturated/α-hetero) is 1. The molecule has 2 aromatic rings. The van der Waals surface area contributed by atoms with Gasteiger partial charge < -0.3 is 24.8 Å². The third-order valence-corrected chi connectivity index (χ3v) is 10.9. The second-order valence-corrected chi connectivity index (χ2v) is 15.0. The molecule has 2 aromatic carbocycles. The van der Waals surface area contributed by atoms with Crippen molar-refractivity contribution < 1.29 is 14.3 Å². The summed E-state index contributed by atoms with van der Waals surface area (Å²) >= 11 is 6.45. The minimum Gasteiger partial charge on any atom is -0.455 e. The quantitative estimate of drug-likeness (QED) is 0.247. The molecular formula is C40H54ClN5O3. The van der Waals surface area contributed by atoms with Gasteiger partial charge in [-0.15, -0.1) is 0 Å². The smallest absolute Gasteiger partial charge is 0.288 e. The number of piperidine rings is 1. The maximum Gasteiger partial charge on any atom is 0.288 e. The number of fused-ring (bicyclic) bond motifs is 1. The zero-order chi connectivity index (χ0) is 34.3. The molecule has 2 fully saturated rings. The Morgan fingerprint density at radius 2 is 1.82 bits per heavy atom. The number of unbranched alkanes of at least 4 members (excludes halogenated alkanes) is 1. The monoisotopic (exact) mass is 687 g/mol. The number of halogens is 1. The van der Waals surface area contributed by atoms with Crippen molar-refractivity contribution in [2.24, 2.45) is 4.99 Å². The van der Waals surface area contributed by atoms with Gasteiger partial charge in [0.1, 0.15) is 12.1 Å². The number of allylic oxidation sites excluding steroid dienone is 1. The summed E-state index contributed by atoms with van der Waals surface area (Å²) in [5.41, 5.74) is 4.46. The number of hydrogen-bond acceptors (Lipinski definition) is 7. The van der Waals surface area contributed by atoms with Crippen LogP contribution in [0.5, 0.6) is 0 Å². The van der Waals surface area contributed by atoms with Gasteiger partial charge in [0, 0.05) is 37.1 Å². The number of aliphatic imine (C=N–C) groups is 1. The zero-order valence-corrected chi connectivity index (χ0v) is 30.3. The predicted octanol–water partition coefficient (Wildman–Crippen LogP) is 6.38. The highest BCUT2D eigenvalue weighted by Crippen LogP contribution is 2.32. The van der Waals surface area contributed by atoms with Crippen molar-refractivity contribution in [2.45, 2.75) is 109 Å². The van der Waals surface area contributed by atoms with Gasteiger partial charge in [-0.05, 0) is 93.4 Å². The molecule has 49 heavy (non-hydrogen) atoms. The molecule has 3 heterocycles. The van der Waals surface area contributed by atoms with Gasteiger partial charge in [0.05, 0.1) is 12.1 Å². The summed E-state index contributed by atoms with van der Waals surface area (Å²) in [4.78, 5) is 40.0. The summed E-state index contributed by atoms with van der Waals surface area (Å²) in [6.07, 6.45) is 10.4. The number of likely N-dealkylation sites (tertiary alicyclic amines) is 1. The number of benzene rings is 2. The number of hydrogen-bond donors (Lipinski definition) is 1. The lowest BCUT2D eigenvalue weighted by atomic mass is 9.97. The number of ether oxygens (including phenoxy) is 1. The Labute approximate surface area is 297 Å². The highest BCUT2D eigenvalue weighted by molar-refractivity contribution is 6.49. The van der Waals surface area contributed by atoms with Gasteiger partial charge >= 0.3 is 0 Å². The van der Waals surface area contributed by atoms with E-state index >= 15 is 0 Å². The summed E-state index contributed by atoms with van der Waals surface area (Å²) in [7, 11) is 0. The van der Waals surface area contributed by atoms with Crippen LogP contribution in [0.2, 0.25) is 0 Å². The number of amides is 1. The Kier molecular flexibility index (Phi) is 12.1. The maximum absolute atomic E-state index is 14.4. The van der Waals surface area contributed by atoms with Crippen LogP contribution < -0.4 is 5.32 Å². The molecule has 0 saturated carbocycles. The first-order chi connectivity index (χ1) is 23.8. The Bertz CT molecular complexity index is 1500. The van der Waals surface area contributed by atoms with E-state index < -0.39 is 6.04 Å². The Balaban J connectivity index is 1.15. The highest BCUT2D eigenvalue weighted by atomic mass is 35.5. The second kappa shape index (κ2) is 16.7. The van der Waals surface area contributed by atoms with Gasteiger partial charge in [0.2, 0.25) is 5.91 Å². The molecule has 1 N–H and O–H groups in total. The molecule has 0 aromatic heterocycles. The minimum absolute atomic E-state index is 0.0314. The first kappa shape index (κ1) is 35.6. The first-order valence-corrected chi connectivity index (χ1v) is 19.0. The number of amidine groups is 1. The molecule has 264 valence electrons. The van der Waals surface area contributed by atoms with Crippen LogP contribution >= 0.6 is 11.6 Å². The van der Waals surface area contributed by atoms with Crippen LogP contribution in [0.4, 0.5) is 0 Å². The van der Waals surface area contributed by atoms with E-state index in [0.717, 1.165) is 54.0 Å². The molecule has 2 saturated heterocycles. The minimum atomic E-state index is -0.582. The van der Waals surface area contributed by atoms with E-state index in [1.807, 2.05) is 29.2 Å². The van der Waals surface area contributed by atoms with Gasteiger partial charge in [0.15, 0.2) is 5.78 Å². The average Bonchev–Trinajstić information content (AvgIpc) is 3.70. The van der Waals surface area contributed by atoms with E-state index in [1.165, 1.54) is 37.9 Å². The lowest BCUT2D eigenvalue weighted by Gasteiger charge is -2.42. The van der Waals surface area contributed by atoms with Crippen molar-refractivity contribution >= 4 is 34.3 Å². The fourth-order valence-electron chi connectivity index (χ4n) is 7.80. The molecule has 4 aliphatic rings. The van der Waals surface area contributed by atoms with Gasteiger partial charge in [0.25, 0.3) is 6.02 Å². The number of carbonyl (C=O) groups is 2. The number of nitrogens with one attached hydrogen (secondary N) is 1. The summed E-state index contributed by atoms with van der Waals surface area (Å²) in [5, 5.41) is 4.34. The van der Waals surface area contributed by atoms with Crippen LogP contribution in [-0.4, -0.2) is 95.8 Å². The van der Waals surface area contributed by atoms with E-state index in [1.54, 1.807) is 0 Å². The van der Waals surface area contributed by atoms with Crippen LogP contribution in [0.15, 0.2) is 59.6 Å². The Morgan fingerprint density at radius 1 is 1.02 bits per heavy atom. The molecule has 6 rings (SSSR count). The summed E-state index contributed by atoms with van der Waals surface area (Å²) < 4.78 is 6.45. The number of aryl methyl sites for hydroxylation is 1. The topological polar surface area (TPSA) is 77.5 Å². The van der Waals surface area contributed by atoms with E-state index in [4.69, 9.17) is 21.3 Å². The number of ketones is 1. The number of rotatable bonds is 13. The molecule has 1 aliphatic carbocycles. The summed E-state index contributed by atoms with van der Waals surface area (Å²) in [5.74, 6) is 0.101. The molecule has 8 nitrogen and oxygen atoms in total. The van der Waals surface area contributed by atoms with E-state index in [0.29, 0.717) is 38.5 Å². The zero-order valence-electron chi connectivity index (χ0n) is 29.6. The average molecular weight is 688 g/mol. The fraction of sp³-hybridized carbons (Fsp3) is 0.575. The number of nitrogens with zero attached hydrogens (tertiary/aromatic N) is 4. The molecule has 0 bridgehead atoms. The molecule has 0 unspecified atom stereocenters. The van der Waals surface area contributed by atoms with E-state index in [9.17, 15) is 9.59 Å². The second-order valence-electron chi connectivity index (χ2n) is 14.6. The van der Waals surface area contributed by atoms with Crippen molar-refractivity contribution in [1.82, 2.24) is 20.0 Å². The third-order valence-electron chi connectivity index (χ3n) is 10.5. The van der Waals surface area contributed by atoms with Gasteiger partial charge in [-0.1, -0.05) is 86.8 Å². The molecule has 9 heteroatoms. The van der Waals surface area contributed by atoms with Crippen LogP contribution in [0.1, 0.15) is 94.1 Å². The lowest BCUT2D eigenvalue weighted by molar-refractivity contribution is -0.144. The number of carbonyl (C=O) groups excluding carboxylic acids is 2. The third kappa shape index (κ3) is 8.94. The Morgan fingerprint density at radius 3 is 2.59 bits per heavy atom. The summed E-state index contributed by atoms with van der Waals surface area (Å²) in [6, 6.07) is 16.3. The first-order valence-electron chi connectivity index (χ1n) is 18.6. The largest absolute Gasteiger partial charge is 0.455 e. The van der Waals surface area contributed by atoms with Gasteiger partial charge in [-0.3, -0.25) is 9.59 Å². The lowest BCUT2D eigenvalue weighted by Crippen LogP contribution is -2.62. The van der Waals surface area contributed by atoms with Crippen molar-refractivity contribution in [3.05, 3.63) is 76.9 Å². The van der Waals surface area contributed by atoms with Crippen LogP contribution in [0.25, 0.3) is 5.03 Å². The van der Waals surface area contributed by atoms with Crippen LogP contribution in [0, 0.1) is 0 Å². The van der Waals surface area contributed by atoms with Crippen LogP contribution in [-0.2, 0) is 27.2 Å². The highest BCUT2D eigenvalue weighted by Gasteiger charge is 2.41. The van der Waals surface area contributed by atoms with Crippen molar-refractivity contribution in [1.29, 1.82) is 0 Å².